The van der Waals surface area contributed by atoms with Gasteiger partial charge in [0.2, 0.25) is 0 Å². The van der Waals surface area contributed by atoms with Crippen molar-refractivity contribution in [1.29, 1.82) is 0 Å². The van der Waals surface area contributed by atoms with Crippen molar-refractivity contribution in [3.8, 4) is 0 Å². The summed E-state index contributed by atoms with van der Waals surface area (Å²) >= 11 is 6.03. The Bertz CT molecular complexity index is 1040. The molecule has 2 nitrogen and oxygen atoms in total. The second-order valence-corrected chi connectivity index (χ2v) is 7.02. The van der Waals surface area contributed by atoms with Gasteiger partial charge in [-0.15, -0.1) is 0 Å². The number of alkyl halides is 3. The van der Waals surface area contributed by atoms with E-state index < -0.39 is 11.7 Å². The van der Waals surface area contributed by atoms with Crippen LogP contribution in [0.25, 0.3) is 0 Å². The van der Waals surface area contributed by atoms with E-state index in [-0.39, 0.29) is 30.0 Å². The Morgan fingerprint density at radius 1 is 0.828 bits per heavy atom. The van der Waals surface area contributed by atoms with Gasteiger partial charge in [0.25, 0.3) is 0 Å². The summed E-state index contributed by atoms with van der Waals surface area (Å²) in [5, 5.41) is 0.360. The van der Waals surface area contributed by atoms with Crippen LogP contribution in [0.5, 0.6) is 0 Å². The van der Waals surface area contributed by atoms with Gasteiger partial charge in [-0.25, -0.2) is 0 Å². The highest BCUT2D eigenvalue weighted by Gasteiger charge is 2.30. The molecule has 0 radical (unpaired) electrons. The van der Waals surface area contributed by atoms with Gasteiger partial charge in [-0.1, -0.05) is 66.2 Å². The third-order valence-corrected chi connectivity index (χ3v) is 4.63. The minimum absolute atomic E-state index is 0.0820. The zero-order valence-electron chi connectivity index (χ0n) is 15.2. The van der Waals surface area contributed by atoms with E-state index in [9.17, 15) is 22.8 Å². The van der Waals surface area contributed by atoms with Crippen molar-refractivity contribution in [1.82, 2.24) is 0 Å². The SMILES string of the molecule is O=C(Cc1cccc(C(F)(F)F)c1)Cc1ccc(Cl)cc1C(=O)c1ccccc1. The molecule has 0 aromatic heterocycles. The van der Waals surface area contributed by atoms with Gasteiger partial charge < -0.3 is 0 Å². The summed E-state index contributed by atoms with van der Waals surface area (Å²) in [6.07, 6.45) is -4.71. The van der Waals surface area contributed by atoms with Crippen LogP contribution in [-0.4, -0.2) is 11.6 Å². The zero-order chi connectivity index (χ0) is 21.0. The van der Waals surface area contributed by atoms with Crippen molar-refractivity contribution in [2.75, 3.05) is 0 Å². The smallest absolute Gasteiger partial charge is 0.299 e. The van der Waals surface area contributed by atoms with Crippen molar-refractivity contribution in [3.05, 3.63) is 106 Å². The maximum absolute atomic E-state index is 12.9. The molecule has 148 valence electrons. The highest BCUT2D eigenvalue weighted by molar-refractivity contribution is 6.31. The summed E-state index contributed by atoms with van der Waals surface area (Å²) in [6.45, 7) is 0. The van der Waals surface area contributed by atoms with Gasteiger partial charge in [-0.05, 0) is 29.3 Å². The first-order valence-electron chi connectivity index (χ1n) is 8.80. The molecule has 0 amide bonds. The standard InChI is InChI=1S/C23H16ClF3O2/c24-19-10-9-17(21(14-19)22(29)16-6-2-1-3-7-16)13-20(28)12-15-5-4-8-18(11-15)23(25,26)27/h1-11,14H,12-13H2. The lowest BCUT2D eigenvalue weighted by Gasteiger charge is -2.11. The number of ketones is 2. The molecule has 0 saturated heterocycles. The number of rotatable bonds is 6. The molecule has 29 heavy (non-hydrogen) atoms. The molecule has 0 heterocycles. The number of carbonyl (C=O) groups is 2. The van der Waals surface area contributed by atoms with Gasteiger partial charge in [0.05, 0.1) is 5.56 Å². The molecule has 0 aliphatic rings. The second-order valence-electron chi connectivity index (χ2n) is 6.59. The molecule has 0 aliphatic heterocycles. The van der Waals surface area contributed by atoms with Gasteiger partial charge in [0, 0.05) is 29.0 Å². The summed E-state index contributed by atoms with van der Waals surface area (Å²) in [4.78, 5) is 25.3. The molecule has 0 bridgehead atoms. The van der Waals surface area contributed by atoms with Gasteiger partial charge in [-0.2, -0.15) is 13.2 Å². The first-order valence-corrected chi connectivity index (χ1v) is 9.18. The number of halogens is 4. The summed E-state index contributed by atoms with van der Waals surface area (Å²) in [5.74, 6) is -0.566. The van der Waals surface area contributed by atoms with Gasteiger partial charge >= 0.3 is 6.18 Å². The van der Waals surface area contributed by atoms with Crippen LogP contribution >= 0.6 is 11.6 Å². The molecule has 0 fully saturated rings. The fourth-order valence-corrected chi connectivity index (χ4v) is 3.19. The highest BCUT2D eigenvalue weighted by Crippen LogP contribution is 2.29. The molecule has 0 saturated carbocycles. The van der Waals surface area contributed by atoms with Crippen molar-refractivity contribution < 1.29 is 22.8 Å². The fourth-order valence-electron chi connectivity index (χ4n) is 3.02. The maximum atomic E-state index is 12.9. The van der Waals surface area contributed by atoms with E-state index in [0.29, 0.717) is 21.7 Å². The van der Waals surface area contributed by atoms with E-state index in [2.05, 4.69) is 0 Å². The Labute approximate surface area is 170 Å². The molecule has 3 aromatic carbocycles. The quantitative estimate of drug-likeness (QED) is 0.466. The number of hydrogen-bond acceptors (Lipinski definition) is 2. The predicted octanol–water partition coefficient (Wildman–Crippen LogP) is 5.94. The van der Waals surface area contributed by atoms with Crippen LogP contribution in [0.3, 0.4) is 0 Å². The number of hydrogen-bond donors (Lipinski definition) is 0. The molecule has 0 aliphatic carbocycles. The molecule has 3 aromatic rings. The number of carbonyl (C=O) groups excluding carboxylic acids is 2. The third kappa shape index (κ3) is 5.33. The van der Waals surface area contributed by atoms with Gasteiger partial charge in [0.15, 0.2) is 5.78 Å². The first kappa shape index (κ1) is 20.8. The van der Waals surface area contributed by atoms with E-state index in [1.54, 1.807) is 42.5 Å². The molecule has 0 N–H and O–H groups in total. The molecule has 0 atom stereocenters. The summed E-state index contributed by atoms with van der Waals surface area (Å²) < 4.78 is 38.6. The molecular weight excluding hydrogens is 401 g/mol. The van der Waals surface area contributed by atoms with Crippen LogP contribution in [0.4, 0.5) is 13.2 Å². The maximum Gasteiger partial charge on any atom is 0.416 e. The van der Waals surface area contributed by atoms with Gasteiger partial charge in [0.1, 0.15) is 5.78 Å². The van der Waals surface area contributed by atoms with Crippen molar-refractivity contribution in [3.63, 3.8) is 0 Å². The molecule has 0 unspecified atom stereocenters. The minimum atomic E-state index is -4.47. The van der Waals surface area contributed by atoms with E-state index in [4.69, 9.17) is 11.6 Å². The third-order valence-electron chi connectivity index (χ3n) is 4.40. The van der Waals surface area contributed by atoms with Crippen LogP contribution in [0.1, 0.15) is 32.6 Å². The summed E-state index contributed by atoms with van der Waals surface area (Å²) in [7, 11) is 0. The lowest BCUT2D eigenvalue weighted by atomic mass is 9.94. The Balaban J connectivity index is 1.82. The average molecular weight is 417 g/mol. The molecule has 0 spiro atoms. The second kappa shape index (κ2) is 8.62. The summed E-state index contributed by atoms with van der Waals surface area (Å²) in [6, 6.07) is 17.9. The van der Waals surface area contributed by atoms with Crippen LogP contribution in [0, 0.1) is 0 Å². The lowest BCUT2D eigenvalue weighted by molar-refractivity contribution is -0.137. The van der Waals surface area contributed by atoms with Crippen molar-refractivity contribution >= 4 is 23.2 Å². The highest BCUT2D eigenvalue weighted by atomic mass is 35.5. The normalized spacial score (nSPS) is 11.3. The monoisotopic (exact) mass is 416 g/mol. The predicted molar refractivity (Wildman–Crippen MR) is 105 cm³/mol. The van der Waals surface area contributed by atoms with E-state index >= 15 is 0 Å². The van der Waals surface area contributed by atoms with Gasteiger partial charge in [-0.3, -0.25) is 9.59 Å². The first-order chi connectivity index (χ1) is 13.7. The van der Waals surface area contributed by atoms with Crippen molar-refractivity contribution in [2.45, 2.75) is 19.0 Å². The largest absolute Gasteiger partial charge is 0.416 e. The topological polar surface area (TPSA) is 34.1 Å². The van der Waals surface area contributed by atoms with Crippen molar-refractivity contribution in [2.24, 2.45) is 0 Å². The van der Waals surface area contributed by atoms with Crippen LogP contribution in [0.2, 0.25) is 5.02 Å². The lowest BCUT2D eigenvalue weighted by Crippen LogP contribution is -2.12. The molecule has 6 heteroatoms. The van der Waals surface area contributed by atoms with Crippen LogP contribution in [-0.2, 0) is 23.8 Å². The fraction of sp³-hybridized carbons (Fsp3) is 0.130. The molecule has 3 rings (SSSR count). The summed E-state index contributed by atoms with van der Waals surface area (Å²) in [5.41, 5.74) is 0.728. The minimum Gasteiger partial charge on any atom is -0.299 e. The Kier molecular flexibility index (Phi) is 6.18. The van der Waals surface area contributed by atoms with E-state index in [1.165, 1.54) is 18.2 Å². The Hall–Kier alpha value is -2.92. The number of benzene rings is 3. The molecular formula is C23H16ClF3O2. The number of Topliss-reactive ketones (excluding diaryl/α,β-unsaturated/α-hetero) is 1. The van der Waals surface area contributed by atoms with Crippen LogP contribution < -0.4 is 0 Å². The average Bonchev–Trinajstić information content (AvgIpc) is 2.69. The Morgan fingerprint density at radius 3 is 2.24 bits per heavy atom. The Morgan fingerprint density at radius 2 is 1.55 bits per heavy atom. The van der Waals surface area contributed by atoms with Crippen LogP contribution in [0.15, 0.2) is 72.8 Å². The van der Waals surface area contributed by atoms with E-state index in [1.807, 2.05) is 0 Å². The zero-order valence-corrected chi connectivity index (χ0v) is 15.9. The van der Waals surface area contributed by atoms with E-state index in [0.717, 1.165) is 12.1 Å².